The minimum atomic E-state index is -0.743. The lowest BCUT2D eigenvalue weighted by Crippen LogP contribution is -2.47. The molecule has 1 saturated heterocycles. The van der Waals surface area contributed by atoms with Crippen molar-refractivity contribution in [2.45, 2.75) is 77.7 Å². The van der Waals surface area contributed by atoms with Crippen LogP contribution in [-0.2, 0) is 14.3 Å². The van der Waals surface area contributed by atoms with Gasteiger partial charge in [0.2, 0.25) is 7.85 Å². The fraction of sp³-hybridized carbons (Fsp3) is 0.824. The Morgan fingerprint density at radius 1 is 1.39 bits per heavy atom. The van der Waals surface area contributed by atoms with Gasteiger partial charge in [0.05, 0.1) is 12.1 Å². The van der Waals surface area contributed by atoms with E-state index in [1.54, 1.807) is 11.8 Å². The van der Waals surface area contributed by atoms with E-state index in [-0.39, 0.29) is 35.5 Å². The Morgan fingerprint density at radius 2 is 2.04 bits per heavy atom. The lowest BCUT2D eigenvalue weighted by molar-refractivity contribution is -0.132. The molecule has 0 N–H and O–H groups in total. The average molecular weight is 319 g/mol. The minimum Gasteiger partial charge on any atom is -0.351 e. The van der Waals surface area contributed by atoms with E-state index in [1.165, 1.54) is 0 Å². The van der Waals surface area contributed by atoms with E-state index in [0.717, 1.165) is 12.8 Å². The molecule has 5 nitrogen and oxygen atoms in total. The second kappa shape index (κ2) is 6.75. The lowest BCUT2D eigenvalue weighted by atomic mass is 9.73. The molecule has 1 aliphatic heterocycles. The fourth-order valence-corrected chi connectivity index (χ4v) is 4.27. The Balaban J connectivity index is 2.16. The van der Waals surface area contributed by atoms with Crippen LogP contribution < -0.4 is 0 Å². The van der Waals surface area contributed by atoms with Crippen molar-refractivity contribution in [2.24, 2.45) is 11.8 Å². The van der Waals surface area contributed by atoms with Crippen LogP contribution in [0.3, 0.4) is 0 Å². The van der Waals surface area contributed by atoms with Gasteiger partial charge in [-0.1, -0.05) is 6.92 Å². The second-order valence-electron chi connectivity index (χ2n) is 7.28. The Morgan fingerprint density at radius 3 is 2.57 bits per heavy atom. The predicted molar refractivity (Wildman–Crippen MR) is 87.2 cm³/mol. The molecule has 2 aliphatic rings. The molecule has 4 atom stereocenters. The zero-order valence-corrected chi connectivity index (χ0v) is 14.5. The highest BCUT2D eigenvalue weighted by Gasteiger charge is 2.48. The molecule has 2 rings (SSSR count). The molecule has 2 unspecified atom stereocenters. The van der Waals surface area contributed by atoms with Crippen LogP contribution in [-0.4, -0.2) is 48.0 Å². The molecule has 1 amide bonds. The summed E-state index contributed by atoms with van der Waals surface area (Å²) in [6, 6.07) is -0.0901. The number of hydrogen-bond donors (Lipinski definition) is 0. The summed E-state index contributed by atoms with van der Waals surface area (Å²) in [5, 5.41) is 0. The lowest BCUT2D eigenvalue weighted by Gasteiger charge is -2.33. The largest absolute Gasteiger partial charge is 0.351 e. The van der Waals surface area contributed by atoms with Crippen LogP contribution >= 0.6 is 0 Å². The number of Topliss-reactive ketones (excluding diaryl/α,β-unsaturated/α-hetero) is 2. The van der Waals surface area contributed by atoms with Crippen LogP contribution in [0.2, 0.25) is 0 Å². The van der Waals surface area contributed by atoms with Crippen molar-refractivity contribution >= 4 is 25.2 Å². The molecule has 23 heavy (non-hydrogen) atoms. The van der Waals surface area contributed by atoms with Gasteiger partial charge in [-0.2, -0.15) is 0 Å². The number of carbonyl (C=O) groups is 3. The van der Waals surface area contributed by atoms with Crippen molar-refractivity contribution in [2.75, 3.05) is 0 Å². The highest BCUT2D eigenvalue weighted by molar-refractivity contribution is 6.57. The summed E-state index contributed by atoms with van der Waals surface area (Å²) in [5.74, 6) is -0.331. The number of carbonyl (C=O) groups excluding carboxylic acids is 3. The van der Waals surface area contributed by atoms with Gasteiger partial charge < -0.3 is 9.64 Å². The summed E-state index contributed by atoms with van der Waals surface area (Å²) in [6.45, 7) is 7.24. The maximum absolute atomic E-state index is 11.9. The summed E-state index contributed by atoms with van der Waals surface area (Å²) in [7, 11) is 5.54. The first kappa shape index (κ1) is 18.2. The molecule has 1 heterocycles. The first-order valence-corrected chi connectivity index (χ1v) is 8.46. The van der Waals surface area contributed by atoms with E-state index in [0.29, 0.717) is 19.3 Å². The molecule has 0 aromatic carbocycles. The highest BCUT2D eigenvalue weighted by atomic mass is 16.5. The normalized spacial score (nSPS) is 33.7. The highest BCUT2D eigenvalue weighted by Crippen LogP contribution is 2.40. The van der Waals surface area contributed by atoms with E-state index in [9.17, 15) is 14.4 Å². The van der Waals surface area contributed by atoms with Crippen molar-refractivity contribution in [1.82, 2.24) is 4.90 Å². The average Bonchev–Trinajstić information content (AvgIpc) is 2.70. The van der Waals surface area contributed by atoms with Gasteiger partial charge in [-0.05, 0) is 46.0 Å². The van der Waals surface area contributed by atoms with Crippen LogP contribution in [0, 0.1) is 11.8 Å². The summed E-state index contributed by atoms with van der Waals surface area (Å²) in [4.78, 5) is 37.0. The van der Waals surface area contributed by atoms with Gasteiger partial charge in [-0.25, -0.2) is 0 Å². The number of rotatable bonds is 4. The summed E-state index contributed by atoms with van der Waals surface area (Å²) >= 11 is 0. The Kier molecular flexibility index (Phi) is 5.34. The van der Waals surface area contributed by atoms with E-state index in [4.69, 9.17) is 12.6 Å². The topological polar surface area (TPSA) is 63.7 Å². The molecule has 2 radical (unpaired) electrons. The third-order valence-corrected chi connectivity index (χ3v) is 5.30. The van der Waals surface area contributed by atoms with Crippen molar-refractivity contribution < 1.29 is 19.1 Å². The van der Waals surface area contributed by atoms with Crippen LogP contribution in [0.15, 0.2) is 0 Å². The molecule has 0 spiro atoms. The monoisotopic (exact) mass is 319 g/mol. The molecule has 0 aromatic rings. The SMILES string of the molecule is [B]C(=O)N1[C@@H](CC)[C@@H](CC2CCC(=O)CC2C(C)=O)OC1(C)C. The van der Waals surface area contributed by atoms with E-state index in [2.05, 4.69) is 0 Å². The number of amides is 1. The third kappa shape index (κ3) is 3.68. The molecule has 126 valence electrons. The maximum atomic E-state index is 11.9. The third-order valence-electron chi connectivity index (χ3n) is 5.30. The zero-order chi connectivity index (χ0) is 17.4. The number of ketones is 2. The van der Waals surface area contributed by atoms with Gasteiger partial charge in [0.25, 0.3) is 0 Å². The molecular weight excluding hydrogens is 293 g/mol. The van der Waals surface area contributed by atoms with Gasteiger partial charge in [-0.3, -0.25) is 14.4 Å². The molecule has 1 aliphatic carbocycles. The van der Waals surface area contributed by atoms with Crippen molar-refractivity contribution in [1.29, 1.82) is 0 Å². The Hall–Kier alpha value is -1.17. The van der Waals surface area contributed by atoms with Gasteiger partial charge >= 0.3 is 0 Å². The minimum absolute atomic E-state index is 0.0695. The van der Waals surface area contributed by atoms with Crippen LogP contribution in [0.1, 0.15) is 59.8 Å². The smallest absolute Gasteiger partial charge is 0.200 e. The van der Waals surface area contributed by atoms with Crippen molar-refractivity contribution in [3.05, 3.63) is 0 Å². The van der Waals surface area contributed by atoms with E-state index < -0.39 is 11.5 Å². The van der Waals surface area contributed by atoms with Gasteiger partial charge in [0, 0.05) is 18.8 Å². The standard InChI is InChI=1S/C17H26BNO4/c1-5-14-15(23-17(3,4)19(14)16(18)22)8-11-6-7-12(21)9-13(11)10(2)20/h11,13-15H,5-9H2,1-4H3/t11?,13?,14-,15+/m0/s1. The summed E-state index contributed by atoms with van der Waals surface area (Å²) in [5.41, 5.74) is -0.743. The van der Waals surface area contributed by atoms with E-state index in [1.807, 2.05) is 20.8 Å². The predicted octanol–water partition coefficient (Wildman–Crippen LogP) is 2.45. The molecular formula is C17H26BNO4. The molecule has 0 bridgehead atoms. The zero-order valence-electron chi connectivity index (χ0n) is 14.5. The van der Waals surface area contributed by atoms with Crippen molar-refractivity contribution in [3.8, 4) is 0 Å². The van der Waals surface area contributed by atoms with Gasteiger partial charge in [-0.15, -0.1) is 0 Å². The fourth-order valence-electron chi connectivity index (χ4n) is 4.27. The summed E-state index contributed by atoms with van der Waals surface area (Å²) < 4.78 is 6.11. The van der Waals surface area contributed by atoms with Crippen LogP contribution in [0.5, 0.6) is 0 Å². The first-order chi connectivity index (χ1) is 10.7. The number of hydrogen-bond acceptors (Lipinski definition) is 4. The Labute approximate surface area is 139 Å². The Bertz CT molecular complexity index is 505. The second-order valence-corrected chi connectivity index (χ2v) is 7.28. The molecule has 6 heteroatoms. The van der Waals surface area contributed by atoms with Gasteiger partial charge in [0.1, 0.15) is 17.3 Å². The van der Waals surface area contributed by atoms with Gasteiger partial charge in [0.15, 0.2) is 5.81 Å². The number of ether oxygens (including phenoxy) is 1. The molecule has 0 aromatic heterocycles. The molecule has 2 fully saturated rings. The van der Waals surface area contributed by atoms with Crippen LogP contribution in [0.4, 0.5) is 4.79 Å². The number of nitrogens with zero attached hydrogens (tertiary/aromatic N) is 1. The van der Waals surface area contributed by atoms with Crippen molar-refractivity contribution in [3.63, 3.8) is 0 Å². The summed E-state index contributed by atoms with van der Waals surface area (Å²) in [6.07, 6.45) is 2.86. The quantitative estimate of drug-likeness (QED) is 0.747. The van der Waals surface area contributed by atoms with E-state index >= 15 is 0 Å². The maximum Gasteiger partial charge on any atom is 0.200 e. The first-order valence-electron chi connectivity index (χ1n) is 8.46. The molecule has 1 saturated carbocycles. The van der Waals surface area contributed by atoms with Crippen LogP contribution in [0.25, 0.3) is 0 Å².